The Hall–Kier alpha value is -1.59. The van der Waals surface area contributed by atoms with E-state index < -0.39 is 49.5 Å². The first kappa shape index (κ1) is 55.4. The number of aliphatic hydroxyl groups excluding tert-OH is 5. The van der Waals surface area contributed by atoms with Crippen molar-refractivity contribution in [3.05, 3.63) is 36.5 Å². The summed E-state index contributed by atoms with van der Waals surface area (Å²) in [6.07, 6.45) is 43.5. The van der Waals surface area contributed by atoms with Gasteiger partial charge in [0.15, 0.2) is 6.29 Å². The smallest absolute Gasteiger partial charge is 0.224 e. The number of carbonyl (C=O) groups excluding carboxylic acids is 1. The van der Waals surface area contributed by atoms with Gasteiger partial charge in [-0.3, -0.25) is 4.79 Å². The number of allylic oxidation sites excluding steroid dienone is 4. The van der Waals surface area contributed by atoms with Crippen LogP contribution in [0.4, 0.5) is 0 Å². The fourth-order valence-electron chi connectivity index (χ4n) is 7.75. The van der Waals surface area contributed by atoms with Crippen LogP contribution in [-0.2, 0) is 14.3 Å². The van der Waals surface area contributed by atoms with Crippen LogP contribution < -0.4 is 5.32 Å². The maximum absolute atomic E-state index is 12.9. The third-order valence-electron chi connectivity index (χ3n) is 11.8. The first-order valence-corrected chi connectivity index (χ1v) is 24.7. The average Bonchev–Trinajstić information content (AvgIpc) is 3.23. The minimum Gasteiger partial charge on any atom is -0.394 e. The lowest BCUT2D eigenvalue weighted by Crippen LogP contribution is -2.60. The Labute approximate surface area is 361 Å². The first-order chi connectivity index (χ1) is 28.8. The zero-order valence-corrected chi connectivity index (χ0v) is 38.0. The number of hydrogen-bond acceptors (Lipinski definition) is 8. The molecule has 0 bridgehead atoms. The number of nitrogens with one attached hydrogen (secondary N) is 1. The van der Waals surface area contributed by atoms with Crippen LogP contribution in [0.1, 0.15) is 219 Å². The number of carbonyl (C=O) groups is 1. The summed E-state index contributed by atoms with van der Waals surface area (Å²) in [4.78, 5) is 12.9. The van der Waals surface area contributed by atoms with Crippen molar-refractivity contribution in [2.75, 3.05) is 13.2 Å². The van der Waals surface area contributed by atoms with Crippen LogP contribution in [-0.4, -0.2) is 87.5 Å². The molecule has 6 N–H and O–H groups in total. The standard InChI is InChI=1S/C50H93NO8/c1-3-5-7-9-11-13-15-17-18-19-20-21-22-23-24-25-26-28-30-32-34-36-38-40-46(54)51-43(42-58-50-49(57)48(56)47(55)45(41-52)59-50)44(53)39-37-35-33-31-29-27-16-14-12-10-8-6-4-2/h30,32,35-38,43-45,47-50,52-53,55-57H,3-29,31,33-34,39-42H2,1-2H3,(H,51,54)/t43-,44+,45+,47+,48?,49?,50+/m0/s1. The third-order valence-corrected chi connectivity index (χ3v) is 11.8. The van der Waals surface area contributed by atoms with E-state index in [1.54, 1.807) is 0 Å². The van der Waals surface area contributed by atoms with Gasteiger partial charge in [-0.15, -0.1) is 0 Å². The van der Waals surface area contributed by atoms with Crippen molar-refractivity contribution in [3.63, 3.8) is 0 Å². The topological polar surface area (TPSA) is 149 Å². The van der Waals surface area contributed by atoms with E-state index >= 15 is 0 Å². The molecule has 9 nitrogen and oxygen atoms in total. The number of unbranched alkanes of at least 4 members (excludes halogenated alkanes) is 27. The second-order valence-electron chi connectivity index (χ2n) is 17.3. The maximum atomic E-state index is 12.9. The molecule has 7 atom stereocenters. The van der Waals surface area contributed by atoms with Crippen molar-refractivity contribution in [2.24, 2.45) is 0 Å². The zero-order valence-electron chi connectivity index (χ0n) is 38.0. The molecule has 0 spiro atoms. The highest BCUT2D eigenvalue weighted by atomic mass is 16.7. The van der Waals surface area contributed by atoms with Gasteiger partial charge in [0.2, 0.25) is 5.91 Å². The summed E-state index contributed by atoms with van der Waals surface area (Å²) in [6, 6.07) is -0.810. The van der Waals surface area contributed by atoms with Crippen molar-refractivity contribution in [3.8, 4) is 0 Å². The van der Waals surface area contributed by atoms with E-state index in [4.69, 9.17) is 9.47 Å². The molecule has 0 aromatic rings. The number of hydrogen-bond donors (Lipinski definition) is 6. The Morgan fingerprint density at radius 2 is 1.00 bits per heavy atom. The van der Waals surface area contributed by atoms with E-state index in [0.717, 1.165) is 25.7 Å². The van der Waals surface area contributed by atoms with Crippen LogP contribution in [0.5, 0.6) is 0 Å². The quantitative estimate of drug-likeness (QED) is 0.0263. The van der Waals surface area contributed by atoms with E-state index in [-0.39, 0.29) is 18.9 Å². The van der Waals surface area contributed by atoms with Gasteiger partial charge in [-0.05, 0) is 38.5 Å². The summed E-state index contributed by atoms with van der Waals surface area (Å²) in [6.45, 7) is 3.75. The molecule has 59 heavy (non-hydrogen) atoms. The van der Waals surface area contributed by atoms with Crippen molar-refractivity contribution >= 4 is 5.91 Å². The Bertz CT molecular complexity index is 1020. The summed E-state index contributed by atoms with van der Waals surface area (Å²) < 4.78 is 11.2. The number of rotatable bonds is 41. The monoisotopic (exact) mass is 836 g/mol. The van der Waals surface area contributed by atoms with Gasteiger partial charge >= 0.3 is 0 Å². The largest absolute Gasteiger partial charge is 0.394 e. The summed E-state index contributed by atoms with van der Waals surface area (Å²) in [5.74, 6) is -0.274. The molecule has 0 aliphatic carbocycles. The Morgan fingerprint density at radius 1 is 0.576 bits per heavy atom. The van der Waals surface area contributed by atoms with E-state index in [1.165, 1.54) is 167 Å². The predicted octanol–water partition coefficient (Wildman–Crippen LogP) is 10.8. The molecule has 0 aromatic heterocycles. The number of ether oxygens (including phenoxy) is 2. The summed E-state index contributed by atoms with van der Waals surface area (Å²) >= 11 is 0. The fourth-order valence-corrected chi connectivity index (χ4v) is 7.75. The second-order valence-corrected chi connectivity index (χ2v) is 17.3. The molecule has 1 rings (SSSR count). The molecule has 1 saturated heterocycles. The van der Waals surface area contributed by atoms with Crippen molar-refractivity contribution < 1.29 is 39.8 Å². The molecule has 1 heterocycles. The highest BCUT2D eigenvalue weighted by Crippen LogP contribution is 2.23. The van der Waals surface area contributed by atoms with Gasteiger partial charge < -0.3 is 40.3 Å². The van der Waals surface area contributed by atoms with Crippen LogP contribution in [0.2, 0.25) is 0 Å². The minimum atomic E-state index is -1.57. The van der Waals surface area contributed by atoms with Crippen molar-refractivity contribution in [1.29, 1.82) is 0 Å². The lowest BCUT2D eigenvalue weighted by Gasteiger charge is -2.40. The Morgan fingerprint density at radius 3 is 1.46 bits per heavy atom. The van der Waals surface area contributed by atoms with Crippen LogP contribution in [0, 0.1) is 0 Å². The minimum absolute atomic E-state index is 0.144. The molecule has 2 unspecified atom stereocenters. The first-order valence-electron chi connectivity index (χ1n) is 24.7. The molecule has 1 fully saturated rings. The van der Waals surface area contributed by atoms with E-state index in [1.807, 2.05) is 18.2 Å². The van der Waals surface area contributed by atoms with Crippen LogP contribution >= 0.6 is 0 Å². The maximum Gasteiger partial charge on any atom is 0.224 e. The van der Waals surface area contributed by atoms with E-state index in [2.05, 4.69) is 37.4 Å². The van der Waals surface area contributed by atoms with E-state index in [9.17, 15) is 30.3 Å². The average molecular weight is 836 g/mol. The molecule has 1 amide bonds. The highest BCUT2D eigenvalue weighted by Gasteiger charge is 2.44. The van der Waals surface area contributed by atoms with Gasteiger partial charge in [0.25, 0.3) is 0 Å². The number of aliphatic hydroxyl groups is 5. The fraction of sp³-hybridized carbons (Fsp3) is 0.860. The number of amides is 1. The molecular formula is C50H93NO8. The van der Waals surface area contributed by atoms with E-state index in [0.29, 0.717) is 6.42 Å². The molecule has 346 valence electrons. The molecule has 0 aromatic carbocycles. The molecule has 1 aliphatic rings. The molecule has 0 radical (unpaired) electrons. The van der Waals surface area contributed by atoms with Gasteiger partial charge in [0, 0.05) is 6.42 Å². The summed E-state index contributed by atoms with van der Waals surface area (Å²) in [7, 11) is 0. The van der Waals surface area contributed by atoms with Gasteiger partial charge in [-0.25, -0.2) is 0 Å². The third kappa shape index (κ3) is 31.0. The normalized spacial score (nSPS) is 21.0. The van der Waals surface area contributed by atoms with Crippen LogP contribution in [0.15, 0.2) is 36.5 Å². The SMILES string of the molecule is CCCCCCCCCCCCC=CC[C@@H](O)[C@H](CO[C@@H]1O[C@H](CO)[C@@H](O)C(O)C1O)NC(=O)CC=CCC=CCCCCCCCCCCCCCCCCCCC. The predicted molar refractivity (Wildman–Crippen MR) is 244 cm³/mol. The molecule has 9 heteroatoms. The molecular weight excluding hydrogens is 743 g/mol. The van der Waals surface area contributed by atoms with Gasteiger partial charge in [-0.1, -0.05) is 211 Å². The van der Waals surface area contributed by atoms with Crippen LogP contribution in [0.3, 0.4) is 0 Å². The molecule has 1 aliphatic heterocycles. The lowest BCUT2D eigenvalue weighted by atomic mass is 9.99. The Kier molecular flexibility index (Phi) is 38.0. The zero-order chi connectivity index (χ0) is 43.0. The van der Waals surface area contributed by atoms with Gasteiger partial charge in [-0.2, -0.15) is 0 Å². The van der Waals surface area contributed by atoms with Crippen molar-refractivity contribution in [1.82, 2.24) is 5.32 Å². The van der Waals surface area contributed by atoms with Gasteiger partial charge in [0.1, 0.15) is 24.4 Å². The Balaban J connectivity index is 2.31. The second kappa shape index (κ2) is 40.5. The van der Waals surface area contributed by atoms with Crippen LogP contribution in [0.25, 0.3) is 0 Å². The van der Waals surface area contributed by atoms with Crippen molar-refractivity contribution in [2.45, 2.75) is 262 Å². The lowest BCUT2D eigenvalue weighted by molar-refractivity contribution is -0.302. The van der Waals surface area contributed by atoms with Gasteiger partial charge in [0.05, 0.1) is 25.4 Å². The summed E-state index contributed by atoms with van der Waals surface area (Å²) in [5.41, 5.74) is 0. The summed E-state index contributed by atoms with van der Waals surface area (Å²) in [5, 5.41) is 54.2. The highest BCUT2D eigenvalue weighted by molar-refractivity contribution is 5.77. The molecule has 0 saturated carbocycles.